The number of thioether (sulfide) groups is 1. The fourth-order valence-electron chi connectivity index (χ4n) is 0.730. The second kappa shape index (κ2) is 4.43. The maximum atomic E-state index is 10.6. The average molecular weight is 216 g/mol. The summed E-state index contributed by atoms with van der Waals surface area (Å²) in [5, 5.41) is 15.7. The zero-order valence-electron chi connectivity index (χ0n) is 7.73. The lowest BCUT2D eigenvalue weighted by atomic mass is 10.0. The van der Waals surface area contributed by atoms with Crippen LogP contribution >= 0.6 is 11.8 Å². The minimum Gasteiger partial charge on any atom is -0.480 e. The van der Waals surface area contributed by atoms with Crippen LogP contribution in [0.3, 0.4) is 0 Å². The molecule has 0 radical (unpaired) electrons. The molecule has 1 aromatic heterocycles. The molecule has 1 unspecified atom stereocenters. The molecule has 0 bridgehead atoms. The summed E-state index contributed by atoms with van der Waals surface area (Å²) in [5.74, 6) is -0.398. The first-order valence-corrected chi connectivity index (χ1v) is 5.01. The number of aromatic amines is 1. The van der Waals surface area contributed by atoms with Crippen LogP contribution in [0.25, 0.3) is 0 Å². The first kappa shape index (κ1) is 11.0. The quantitative estimate of drug-likeness (QED) is 0.602. The first-order valence-electron chi connectivity index (χ1n) is 4.03. The molecule has 0 amide bonds. The topological polar surface area (TPSA) is 105 Å². The van der Waals surface area contributed by atoms with Gasteiger partial charge in [-0.05, 0) is 13.3 Å². The number of nitrogens with two attached hydrogens (primary N) is 1. The third-order valence-corrected chi connectivity index (χ3v) is 2.62. The Morgan fingerprint density at radius 1 is 1.86 bits per heavy atom. The van der Waals surface area contributed by atoms with Gasteiger partial charge in [-0.25, -0.2) is 4.98 Å². The van der Waals surface area contributed by atoms with Gasteiger partial charge in [0, 0.05) is 5.75 Å². The van der Waals surface area contributed by atoms with Crippen LogP contribution in [-0.4, -0.2) is 37.5 Å². The highest BCUT2D eigenvalue weighted by molar-refractivity contribution is 7.99. The van der Waals surface area contributed by atoms with Crippen molar-refractivity contribution < 1.29 is 9.90 Å². The Labute approximate surface area is 85.3 Å². The summed E-state index contributed by atoms with van der Waals surface area (Å²) < 4.78 is 0. The number of aliphatic carboxylic acids is 1. The molecule has 1 atom stereocenters. The molecule has 0 aliphatic rings. The van der Waals surface area contributed by atoms with E-state index in [0.717, 1.165) is 0 Å². The maximum Gasteiger partial charge on any atom is 0.323 e. The Morgan fingerprint density at radius 2 is 2.57 bits per heavy atom. The predicted octanol–water partition coefficient (Wildman–Crippen LogP) is 0.0889. The summed E-state index contributed by atoms with van der Waals surface area (Å²) in [4.78, 5) is 14.5. The Morgan fingerprint density at radius 3 is 3.07 bits per heavy atom. The summed E-state index contributed by atoms with van der Waals surface area (Å²) in [6.07, 6.45) is 1.79. The van der Waals surface area contributed by atoms with E-state index in [1.807, 2.05) is 0 Å². The largest absolute Gasteiger partial charge is 0.480 e. The number of carboxylic acids is 1. The highest BCUT2D eigenvalue weighted by Crippen LogP contribution is 2.16. The summed E-state index contributed by atoms with van der Waals surface area (Å²) in [7, 11) is 0. The van der Waals surface area contributed by atoms with Crippen molar-refractivity contribution in [1.29, 1.82) is 0 Å². The van der Waals surface area contributed by atoms with Crippen LogP contribution in [0.2, 0.25) is 0 Å². The molecule has 78 valence electrons. The minimum absolute atomic E-state index is 0.383. The van der Waals surface area contributed by atoms with Gasteiger partial charge in [-0.2, -0.15) is 5.10 Å². The van der Waals surface area contributed by atoms with Crippen molar-refractivity contribution in [3.8, 4) is 0 Å². The lowest BCUT2D eigenvalue weighted by molar-refractivity contribution is -0.142. The molecular formula is C7H12N4O2S. The molecular weight excluding hydrogens is 204 g/mol. The van der Waals surface area contributed by atoms with Gasteiger partial charge in [0.15, 0.2) is 5.16 Å². The van der Waals surface area contributed by atoms with E-state index in [1.54, 1.807) is 0 Å². The third-order valence-electron chi connectivity index (χ3n) is 1.74. The molecule has 7 heteroatoms. The molecule has 0 aromatic carbocycles. The van der Waals surface area contributed by atoms with Crippen LogP contribution in [0.1, 0.15) is 13.3 Å². The van der Waals surface area contributed by atoms with Gasteiger partial charge < -0.3 is 10.8 Å². The van der Waals surface area contributed by atoms with Crippen LogP contribution in [0.4, 0.5) is 0 Å². The number of carbonyl (C=O) groups is 1. The number of aromatic nitrogens is 3. The summed E-state index contributed by atoms with van der Waals surface area (Å²) >= 11 is 1.40. The SMILES string of the molecule is CC(N)(CCSc1ncn[nH]1)C(=O)O. The first-order chi connectivity index (χ1) is 6.52. The number of nitrogens with zero attached hydrogens (tertiary/aromatic N) is 2. The molecule has 14 heavy (non-hydrogen) atoms. The highest BCUT2D eigenvalue weighted by atomic mass is 32.2. The van der Waals surface area contributed by atoms with E-state index in [2.05, 4.69) is 15.2 Å². The maximum absolute atomic E-state index is 10.6. The van der Waals surface area contributed by atoms with Crippen LogP contribution in [-0.2, 0) is 4.79 Å². The van der Waals surface area contributed by atoms with Crippen molar-refractivity contribution in [2.24, 2.45) is 5.73 Å². The molecule has 1 heterocycles. The number of hydrogen-bond donors (Lipinski definition) is 3. The van der Waals surface area contributed by atoms with E-state index in [0.29, 0.717) is 17.3 Å². The van der Waals surface area contributed by atoms with Gasteiger partial charge in [-0.3, -0.25) is 9.89 Å². The van der Waals surface area contributed by atoms with E-state index < -0.39 is 11.5 Å². The van der Waals surface area contributed by atoms with Crippen LogP contribution in [0, 0.1) is 0 Å². The molecule has 6 nitrogen and oxygen atoms in total. The third kappa shape index (κ3) is 3.00. The Kier molecular flexibility index (Phi) is 3.48. The Bertz CT molecular complexity index is 299. The smallest absolute Gasteiger partial charge is 0.323 e. The van der Waals surface area contributed by atoms with Gasteiger partial charge in [0.05, 0.1) is 0 Å². The van der Waals surface area contributed by atoms with E-state index in [1.165, 1.54) is 25.0 Å². The molecule has 0 spiro atoms. The van der Waals surface area contributed by atoms with Crippen molar-refractivity contribution in [1.82, 2.24) is 15.2 Å². The van der Waals surface area contributed by atoms with Crippen LogP contribution < -0.4 is 5.73 Å². The monoisotopic (exact) mass is 216 g/mol. The highest BCUT2D eigenvalue weighted by Gasteiger charge is 2.27. The van der Waals surface area contributed by atoms with Gasteiger partial charge in [-0.1, -0.05) is 11.8 Å². The van der Waals surface area contributed by atoms with Crippen molar-refractivity contribution in [2.75, 3.05) is 5.75 Å². The van der Waals surface area contributed by atoms with E-state index in [9.17, 15) is 4.79 Å². The molecule has 1 aromatic rings. The number of H-pyrrole nitrogens is 1. The van der Waals surface area contributed by atoms with E-state index in [4.69, 9.17) is 10.8 Å². The molecule has 4 N–H and O–H groups in total. The number of rotatable bonds is 5. The standard InChI is InChI=1S/C7H12N4O2S/c1-7(8,5(12)13)2-3-14-6-9-4-10-11-6/h4H,2-3,8H2,1H3,(H,12,13)(H,9,10,11). The van der Waals surface area contributed by atoms with Crippen molar-refractivity contribution in [3.05, 3.63) is 6.33 Å². The van der Waals surface area contributed by atoms with Crippen LogP contribution in [0.15, 0.2) is 11.5 Å². The molecule has 1 rings (SSSR count). The summed E-state index contributed by atoms with van der Waals surface area (Å²) in [5.41, 5.74) is 4.37. The Balaban J connectivity index is 2.31. The van der Waals surface area contributed by atoms with Crippen molar-refractivity contribution in [3.63, 3.8) is 0 Å². The van der Waals surface area contributed by atoms with Crippen LogP contribution in [0.5, 0.6) is 0 Å². The lowest BCUT2D eigenvalue weighted by Crippen LogP contribution is -2.45. The molecule has 0 saturated heterocycles. The van der Waals surface area contributed by atoms with E-state index >= 15 is 0 Å². The van der Waals surface area contributed by atoms with Gasteiger partial charge in [0.25, 0.3) is 0 Å². The summed E-state index contributed by atoms with van der Waals surface area (Å²) in [6.45, 7) is 1.50. The number of carboxylic acid groups (broad SMARTS) is 1. The molecule has 0 fully saturated rings. The molecule has 0 aliphatic heterocycles. The molecule has 0 saturated carbocycles. The number of nitrogens with one attached hydrogen (secondary N) is 1. The zero-order chi connectivity index (χ0) is 10.6. The van der Waals surface area contributed by atoms with Gasteiger partial charge in [0.2, 0.25) is 0 Å². The molecule has 0 aliphatic carbocycles. The fourth-order valence-corrected chi connectivity index (χ4v) is 1.69. The lowest BCUT2D eigenvalue weighted by Gasteiger charge is -2.17. The predicted molar refractivity (Wildman–Crippen MR) is 52.0 cm³/mol. The van der Waals surface area contributed by atoms with E-state index in [-0.39, 0.29) is 0 Å². The second-order valence-electron chi connectivity index (χ2n) is 3.11. The second-order valence-corrected chi connectivity index (χ2v) is 4.20. The number of hydrogen-bond acceptors (Lipinski definition) is 5. The van der Waals surface area contributed by atoms with Gasteiger partial charge in [-0.15, -0.1) is 0 Å². The fraction of sp³-hybridized carbons (Fsp3) is 0.571. The zero-order valence-corrected chi connectivity index (χ0v) is 8.54. The average Bonchev–Trinajstić information content (AvgIpc) is 2.56. The summed E-state index contributed by atoms with van der Waals surface area (Å²) in [6, 6.07) is 0. The van der Waals surface area contributed by atoms with Gasteiger partial charge in [0.1, 0.15) is 11.9 Å². The van der Waals surface area contributed by atoms with Crippen molar-refractivity contribution >= 4 is 17.7 Å². The minimum atomic E-state index is -1.17. The normalized spacial score (nSPS) is 15.0. The van der Waals surface area contributed by atoms with Gasteiger partial charge >= 0.3 is 5.97 Å². The Hall–Kier alpha value is -1.08. The van der Waals surface area contributed by atoms with Crippen molar-refractivity contribution in [2.45, 2.75) is 24.0 Å².